The zero-order chi connectivity index (χ0) is 15.2. The maximum atomic E-state index is 12.2. The smallest absolute Gasteiger partial charge is 0.280 e. The first-order valence-electron chi connectivity index (χ1n) is 6.26. The van der Waals surface area contributed by atoms with Gasteiger partial charge in [-0.05, 0) is 5.56 Å². The van der Waals surface area contributed by atoms with E-state index in [0.717, 1.165) is 0 Å². The molecule has 0 bridgehead atoms. The molecule has 8 heteroatoms. The van der Waals surface area contributed by atoms with Crippen LogP contribution >= 0.6 is 0 Å². The molecule has 4 N–H and O–H groups in total. The highest BCUT2D eigenvalue weighted by molar-refractivity contribution is 7.87. The number of rotatable bonds is 7. The fourth-order valence-corrected chi connectivity index (χ4v) is 3.17. The summed E-state index contributed by atoms with van der Waals surface area (Å²) in [6, 6.07) is 7.79. The number of hydrogen-bond donors (Lipinski definition) is 3. The second kappa shape index (κ2) is 7.22. The van der Waals surface area contributed by atoms with Crippen LogP contribution < -0.4 is 10.5 Å². The largest absolute Gasteiger partial charge is 0.409 e. The van der Waals surface area contributed by atoms with Crippen molar-refractivity contribution in [2.75, 3.05) is 13.1 Å². The Balaban J connectivity index is 3.10. The molecular formula is C12H20N4O3S. The van der Waals surface area contributed by atoms with E-state index in [1.807, 2.05) is 0 Å². The Hall–Kier alpha value is -1.64. The third-order valence-corrected chi connectivity index (χ3v) is 4.59. The van der Waals surface area contributed by atoms with Gasteiger partial charge in [-0.15, -0.1) is 0 Å². The molecule has 20 heavy (non-hydrogen) atoms. The monoisotopic (exact) mass is 300 g/mol. The van der Waals surface area contributed by atoms with Crippen LogP contribution in [-0.4, -0.2) is 36.9 Å². The third-order valence-electron chi connectivity index (χ3n) is 2.86. The van der Waals surface area contributed by atoms with Gasteiger partial charge in [0, 0.05) is 13.1 Å². The van der Waals surface area contributed by atoms with Gasteiger partial charge in [0.2, 0.25) is 0 Å². The van der Waals surface area contributed by atoms with Crippen molar-refractivity contribution in [2.24, 2.45) is 10.9 Å². The first kappa shape index (κ1) is 16.4. The van der Waals surface area contributed by atoms with Gasteiger partial charge in [0.25, 0.3) is 10.2 Å². The zero-order valence-electron chi connectivity index (χ0n) is 11.5. The molecule has 7 nitrogen and oxygen atoms in total. The van der Waals surface area contributed by atoms with E-state index in [1.54, 1.807) is 44.2 Å². The van der Waals surface area contributed by atoms with Gasteiger partial charge in [-0.25, -0.2) is 0 Å². The van der Waals surface area contributed by atoms with Crippen molar-refractivity contribution in [1.29, 1.82) is 0 Å². The van der Waals surface area contributed by atoms with Gasteiger partial charge in [0.1, 0.15) is 6.04 Å². The first-order valence-corrected chi connectivity index (χ1v) is 7.70. The lowest BCUT2D eigenvalue weighted by atomic mass is 10.1. The first-order chi connectivity index (χ1) is 9.46. The standard InChI is InChI=1S/C12H20N4O3S/c1-3-16(4-2)20(18,19)15-11(12(13)14-17)10-8-6-5-7-9-10/h5-9,11,15,17H,3-4H2,1-2H3,(H2,13,14). The number of nitrogens with zero attached hydrogens (tertiary/aromatic N) is 2. The van der Waals surface area contributed by atoms with Crippen molar-refractivity contribution in [3.05, 3.63) is 35.9 Å². The van der Waals surface area contributed by atoms with Crippen LogP contribution in [0.5, 0.6) is 0 Å². The third kappa shape index (κ3) is 3.92. The van der Waals surface area contributed by atoms with E-state index in [2.05, 4.69) is 9.88 Å². The lowest BCUT2D eigenvalue weighted by Gasteiger charge is -2.23. The van der Waals surface area contributed by atoms with Crippen molar-refractivity contribution >= 4 is 16.0 Å². The summed E-state index contributed by atoms with van der Waals surface area (Å²) in [6.07, 6.45) is 0. The molecule has 112 valence electrons. The topological polar surface area (TPSA) is 108 Å². The van der Waals surface area contributed by atoms with Gasteiger partial charge < -0.3 is 10.9 Å². The quantitative estimate of drug-likeness (QED) is 0.297. The van der Waals surface area contributed by atoms with E-state index < -0.39 is 16.3 Å². The SMILES string of the molecule is CCN(CC)S(=O)(=O)NC(/C(N)=N/O)c1ccccc1. The Morgan fingerprint density at radius 1 is 1.35 bits per heavy atom. The molecule has 0 fully saturated rings. The summed E-state index contributed by atoms with van der Waals surface area (Å²) in [5.41, 5.74) is 6.19. The molecule has 0 amide bonds. The van der Waals surface area contributed by atoms with Crippen LogP contribution in [0.4, 0.5) is 0 Å². The van der Waals surface area contributed by atoms with Crippen molar-refractivity contribution in [2.45, 2.75) is 19.9 Å². The lowest BCUT2D eigenvalue weighted by molar-refractivity contribution is 0.315. The Morgan fingerprint density at radius 3 is 2.35 bits per heavy atom. The van der Waals surface area contributed by atoms with Crippen molar-refractivity contribution in [1.82, 2.24) is 9.03 Å². The normalized spacial score (nSPS) is 14.4. The molecule has 1 rings (SSSR count). The molecular weight excluding hydrogens is 280 g/mol. The highest BCUT2D eigenvalue weighted by atomic mass is 32.2. The number of oxime groups is 1. The molecule has 0 aliphatic carbocycles. The van der Waals surface area contributed by atoms with Crippen LogP contribution in [0.15, 0.2) is 35.5 Å². The zero-order valence-corrected chi connectivity index (χ0v) is 12.3. The van der Waals surface area contributed by atoms with Gasteiger partial charge in [-0.3, -0.25) is 0 Å². The fraction of sp³-hybridized carbons (Fsp3) is 0.417. The van der Waals surface area contributed by atoms with Crippen LogP contribution in [-0.2, 0) is 10.2 Å². The summed E-state index contributed by atoms with van der Waals surface area (Å²) in [7, 11) is -3.71. The number of benzene rings is 1. The molecule has 0 aliphatic heterocycles. The van der Waals surface area contributed by atoms with E-state index in [9.17, 15) is 8.42 Å². The number of nitrogens with one attached hydrogen (secondary N) is 1. The molecule has 0 aliphatic rings. The second-order valence-corrected chi connectivity index (χ2v) is 5.78. The molecule has 0 saturated carbocycles. The summed E-state index contributed by atoms with van der Waals surface area (Å²) in [4.78, 5) is 0. The average molecular weight is 300 g/mol. The van der Waals surface area contributed by atoms with Crippen LogP contribution in [0.3, 0.4) is 0 Å². The Kier molecular flexibility index (Phi) is 5.93. The van der Waals surface area contributed by atoms with Crippen molar-refractivity contribution < 1.29 is 13.6 Å². The van der Waals surface area contributed by atoms with Gasteiger partial charge in [-0.2, -0.15) is 17.4 Å². The second-order valence-electron chi connectivity index (χ2n) is 4.08. The molecule has 1 unspecified atom stereocenters. The van der Waals surface area contributed by atoms with Crippen LogP contribution in [0.2, 0.25) is 0 Å². The summed E-state index contributed by atoms with van der Waals surface area (Å²) >= 11 is 0. The van der Waals surface area contributed by atoms with E-state index in [0.29, 0.717) is 18.7 Å². The molecule has 0 aromatic heterocycles. The van der Waals surface area contributed by atoms with E-state index in [1.165, 1.54) is 4.31 Å². The molecule has 0 radical (unpaired) electrons. The summed E-state index contributed by atoms with van der Waals surface area (Å²) in [5.74, 6) is -0.216. The van der Waals surface area contributed by atoms with Crippen LogP contribution in [0, 0.1) is 0 Å². The number of nitrogens with two attached hydrogens (primary N) is 1. The minimum absolute atomic E-state index is 0.216. The molecule has 0 spiro atoms. The highest BCUT2D eigenvalue weighted by Crippen LogP contribution is 2.15. The predicted molar refractivity (Wildman–Crippen MR) is 77.6 cm³/mol. The Labute approximate surface area is 119 Å². The molecule has 1 atom stereocenters. The summed E-state index contributed by atoms with van der Waals surface area (Å²) < 4.78 is 28.1. The van der Waals surface area contributed by atoms with Crippen molar-refractivity contribution in [3.63, 3.8) is 0 Å². The maximum absolute atomic E-state index is 12.2. The predicted octanol–water partition coefficient (Wildman–Crippen LogP) is 0.650. The highest BCUT2D eigenvalue weighted by Gasteiger charge is 2.26. The van der Waals surface area contributed by atoms with Gasteiger partial charge in [0.05, 0.1) is 0 Å². The van der Waals surface area contributed by atoms with Crippen LogP contribution in [0.1, 0.15) is 25.5 Å². The Bertz CT molecular complexity index is 541. The number of amidine groups is 1. The number of hydrogen-bond acceptors (Lipinski definition) is 4. The minimum atomic E-state index is -3.71. The van der Waals surface area contributed by atoms with E-state index >= 15 is 0 Å². The van der Waals surface area contributed by atoms with Crippen molar-refractivity contribution in [3.8, 4) is 0 Å². The average Bonchev–Trinajstić information content (AvgIpc) is 2.46. The van der Waals surface area contributed by atoms with E-state index in [-0.39, 0.29) is 5.84 Å². The van der Waals surface area contributed by atoms with E-state index in [4.69, 9.17) is 10.9 Å². The molecule has 1 aromatic carbocycles. The molecule has 1 aromatic rings. The van der Waals surface area contributed by atoms with Crippen LogP contribution in [0.25, 0.3) is 0 Å². The Morgan fingerprint density at radius 2 is 1.90 bits per heavy atom. The molecule has 0 saturated heterocycles. The fourth-order valence-electron chi connectivity index (χ4n) is 1.79. The minimum Gasteiger partial charge on any atom is -0.409 e. The van der Waals surface area contributed by atoms with Gasteiger partial charge >= 0.3 is 0 Å². The molecule has 0 heterocycles. The lowest BCUT2D eigenvalue weighted by Crippen LogP contribution is -2.45. The van der Waals surface area contributed by atoms with Gasteiger partial charge in [0.15, 0.2) is 5.84 Å². The summed E-state index contributed by atoms with van der Waals surface area (Å²) in [5, 5.41) is 11.7. The summed E-state index contributed by atoms with van der Waals surface area (Å²) in [6.45, 7) is 4.15. The maximum Gasteiger partial charge on any atom is 0.280 e. The van der Waals surface area contributed by atoms with Gasteiger partial charge in [-0.1, -0.05) is 49.3 Å².